The molecule has 2 aromatic carbocycles. The predicted octanol–water partition coefficient (Wildman–Crippen LogP) is 6.00. The van der Waals surface area contributed by atoms with Gasteiger partial charge in [-0.2, -0.15) is 5.26 Å². The number of hydrogen-bond acceptors (Lipinski definition) is 8. The van der Waals surface area contributed by atoms with Crippen LogP contribution in [0.5, 0.6) is 10.8 Å². The summed E-state index contributed by atoms with van der Waals surface area (Å²) >= 11 is 1.93. The molecule has 4 rings (SSSR count). The number of nitro groups is 1. The second-order valence-electron chi connectivity index (χ2n) is 6.61. The third kappa shape index (κ3) is 4.64. The largest absolute Gasteiger partial charge is 0.444 e. The lowest BCUT2D eigenvalue weighted by atomic mass is 10.1. The molecule has 0 radical (unpaired) electrons. The standard InChI is InChI=1S/C22H14N4O4S2/c1-13-2-6-15(7-3-13)19-21(30-16-8-4-14(12-23)5-9-16)32-22(24-19)25-20(27)17-10-11-18(31-17)26(28)29/h2-11H,1H3,(H,24,25,27). The van der Waals surface area contributed by atoms with Crippen LogP contribution in [0.2, 0.25) is 0 Å². The lowest BCUT2D eigenvalue weighted by Gasteiger charge is -2.05. The highest BCUT2D eigenvalue weighted by atomic mass is 32.1. The zero-order valence-electron chi connectivity index (χ0n) is 16.6. The number of benzene rings is 2. The zero-order valence-corrected chi connectivity index (χ0v) is 18.2. The van der Waals surface area contributed by atoms with Crippen molar-refractivity contribution in [3.8, 4) is 28.1 Å². The van der Waals surface area contributed by atoms with Gasteiger partial charge in [0.25, 0.3) is 5.91 Å². The summed E-state index contributed by atoms with van der Waals surface area (Å²) in [6, 6.07) is 19.1. The van der Waals surface area contributed by atoms with Crippen LogP contribution >= 0.6 is 22.7 Å². The number of hydrogen-bond donors (Lipinski definition) is 1. The summed E-state index contributed by atoms with van der Waals surface area (Å²) in [5.41, 5.74) is 2.96. The highest BCUT2D eigenvalue weighted by Crippen LogP contribution is 2.41. The number of nitriles is 1. The molecule has 10 heteroatoms. The minimum Gasteiger partial charge on any atom is -0.444 e. The monoisotopic (exact) mass is 462 g/mol. The molecule has 2 heterocycles. The Kier molecular flexibility index (Phi) is 5.93. The van der Waals surface area contributed by atoms with Gasteiger partial charge in [-0.3, -0.25) is 20.2 Å². The van der Waals surface area contributed by atoms with Gasteiger partial charge in [-0.05, 0) is 37.3 Å². The molecule has 8 nitrogen and oxygen atoms in total. The van der Waals surface area contributed by atoms with E-state index >= 15 is 0 Å². The summed E-state index contributed by atoms with van der Waals surface area (Å²) in [6.45, 7) is 1.98. The van der Waals surface area contributed by atoms with Gasteiger partial charge in [0.15, 0.2) is 5.13 Å². The zero-order chi connectivity index (χ0) is 22.7. The van der Waals surface area contributed by atoms with E-state index in [1.54, 1.807) is 24.3 Å². The number of carbonyl (C=O) groups excluding carboxylic acids is 1. The first-order chi connectivity index (χ1) is 15.4. The van der Waals surface area contributed by atoms with Gasteiger partial charge in [-0.25, -0.2) is 4.98 Å². The molecule has 32 heavy (non-hydrogen) atoms. The van der Waals surface area contributed by atoms with Crippen molar-refractivity contribution in [3.63, 3.8) is 0 Å². The van der Waals surface area contributed by atoms with E-state index in [0.29, 0.717) is 27.2 Å². The van der Waals surface area contributed by atoms with E-state index in [2.05, 4.69) is 16.4 Å². The van der Waals surface area contributed by atoms with Crippen LogP contribution in [-0.2, 0) is 0 Å². The van der Waals surface area contributed by atoms with Crippen molar-refractivity contribution in [1.82, 2.24) is 4.98 Å². The molecule has 0 aliphatic heterocycles. The van der Waals surface area contributed by atoms with Crippen molar-refractivity contribution in [3.05, 3.63) is 86.8 Å². The van der Waals surface area contributed by atoms with E-state index in [0.717, 1.165) is 33.8 Å². The predicted molar refractivity (Wildman–Crippen MR) is 122 cm³/mol. The first-order valence-electron chi connectivity index (χ1n) is 9.24. The number of thiophene rings is 1. The summed E-state index contributed by atoms with van der Waals surface area (Å²) in [4.78, 5) is 27.6. The molecule has 0 spiro atoms. The average Bonchev–Trinajstić information content (AvgIpc) is 3.43. The number of rotatable bonds is 6. The second kappa shape index (κ2) is 8.97. The summed E-state index contributed by atoms with van der Waals surface area (Å²) in [6.07, 6.45) is 0. The van der Waals surface area contributed by atoms with Crippen molar-refractivity contribution < 1.29 is 14.5 Å². The molecule has 158 valence electrons. The highest BCUT2D eigenvalue weighted by Gasteiger charge is 2.20. The SMILES string of the molecule is Cc1ccc(-c2nc(NC(=O)c3ccc([N+](=O)[O-])s3)sc2Oc2ccc(C#N)cc2)cc1. The minimum atomic E-state index is -0.538. The summed E-state index contributed by atoms with van der Waals surface area (Å²) < 4.78 is 6.01. The second-order valence-corrected chi connectivity index (χ2v) is 8.63. The molecule has 1 N–H and O–H groups in total. The third-order valence-electron chi connectivity index (χ3n) is 4.33. The fourth-order valence-electron chi connectivity index (χ4n) is 2.73. The molecule has 0 saturated heterocycles. The van der Waals surface area contributed by atoms with E-state index < -0.39 is 10.8 Å². The quantitative estimate of drug-likeness (QED) is 0.277. The molecular formula is C22H14N4O4S2. The average molecular weight is 463 g/mol. The summed E-state index contributed by atoms with van der Waals surface area (Å²) in [7, 11) is 0. The topological polar surface area (TPSA) is 118 Å². The number of thiazole rings is 1. The van der Waals surface area contributed by atoms with Crippen LogP contribution in [0, 0.1) is 28.4 Å². The number of aromatic nitrogens is 1. The lowest BCUT2D eigenvalue weighted by molar-refractivity contribution is -0.380. The molecule has 1 amide bonds. The Balaban J connectivity index is 1.64. The maximum absolute atomic E-state index is 12.6. The van der Waals surface area contributed by atoms with Crippen LogP contribution in [0.1, 0.15) is 20.8 Å². The fraction of sp³-hybridized carbons (Fsp3) is 0.0455. The molecule has 0 saturated carbocycles. The highest BCUT2D eigenvalue weighted by molar-refractivity contribution is 7.19. The maximum atomic E-state index is 12.6. The Bertz CT molecular complexity index is 1340. The number of nitrogens with one attached hydrogen (secondary N) is 1. The van der Waals surface area contributed by atoms with Gasteiger partial charge in [0.05, 0.1) is 21.4 Å². The molecule has 0 fully saturated rings. The van der Waals surface area contributed by atoms with Crippen LogP contribution in [0.15, 0.2) is 60.7 Å². The van der Waals surface area contributed by atoms with Crippen molar-refractivity contribution in [1.29, 1.82) is 5.26 Å². The van der Waals surface area contributed by atoms with Crippen molar-refractivity contribution in [2.75, 3.05) is 5.32 Å². The number of ether oxygens (including phenoxy) is 1. The first-order valence-corrected chi connectivity index (χ1v) is 10.9. The van der Waals surface area contributed by atoms with Crippen LogP contribution in [0.25, 0.3) is 11.3 Å². The van der Waals surface area contributed by atoms with Gasteiger partial charge in [0.1, 0.15) is 11.4 Å². The van der Waals surface area contributed by atoms with E-state index in [4.69, 9.17) is 10.00 Å². The first kappa shape index (κ1) is 21.2. The lowest BCUT2D eigenvalue weighted by Crippen LogP contribution is -2.09. The summed E-state index contributed by atoms with van der Waals surface area (Å²) in [5.74, 6) is 0.0324. The molecule has 0 aliphatic rings. The fourth-order valence-corrected chi connectivity index (χ4v) is 4.30. The molecule has 0 atom stereocenters. The molecule has 2 aromatic heterocycles. The van der Waals surface area contributed by atoms with Crippen LogP contribution in [-0.4, -0.2) is 15.8 Å². The van der Waals surface area contributed by atoms with E-state index in [1.165, 1.54) is 12.1 Å². The van der Waals surface area contributed by atoms with E-state index in [9.17, 15) is 14.9 Å². The molecule has 0 aliphatic carbocycles. The smallest absolute Gasteiger partial charge is 0.324 e. The van der Waals surface area contributed by atoms with Gasteiger partial charge in [0, 0.05) is 11.6 Å². The molecule has 4 aromatic rings. The van der Waals surface area contributed by atoms with Crippen molar-refractivity contribution in [2.45, 2.75) is 6.92 Å². The third-order valence-corrected chi connectivity index (χ3v) is 6.22. The van der Waals surface area contributed by atoms with Crippen LogP contribution < -0.4 is 10.1 Å². The Morgan fingerprint density at radius 2 is 1.81 bits per heavy atom. The number of anilines is 1. The number of nitrogens with zero attached hydrogens (tertiary/aromatic N) is 3. The minimum absolute atomic E-state index is 0.112. The Labute approximate surface area is 190 Å². The van der Waals surface area contributed by atoms with Gasteiger partial charge in [-0.15, -0.1) is 0 Å². The van der Waals surface area contributed by atoms with Crippen LogP contribution in [0.3, 0.4) is 0 Å². The molecule has 0 bridgehead atoms. The Morgan fingerprint density at radius 3 is 2.44 bits per heavy atom. The maximum Gasteiger partial charge on any atom is 0.324 e. The Hall–Kier alpha value is -4.07. The molecular weight excluding hydrogens is 448 g/mol. The normalized spacial score (nSPS) is 10.4. The van der Waals surface area contributed by atoms with Gasteiger partial charge in [-0.1, -0.05) is 52.5 Å². The van der Waals surface area contributed by atoms with Crippen molar-refractivity contribution in [2.24, 2.45) is 0 Å². The summed E-state index contributed by atoms with van der Waals surface area (Å²) in [5, 5.41) is 23.2. The number of amides is 1. The van der Waals surface area contributed by atoms with Gasteiger partial charge < -0.3 is 4.74 Å². The molecule has 0 unspecified atom stereocenters. The van der Waals surface area contributed by atoms with Gasteiger partial charge >= 0.3 is 5.00 Å². The van der Waals surface area contributed by atoms with E-state index in [-0.39, 0.29) is 9.88 Å². The Morgan fingerprint density at radius 1 is 1.09 bits per heavy atom. The number of carbonyl (C=O) groups is 1. The van der Waals surface area contributed by atoms with Crippen LogP contribution in [0.4, 0.5) is 10.1 Å². The van der Waals surface area contributed by atoms with Crippen molar-refractivity contribution >= 4 is 38.7 Å². The van der Waals surface area contributed by atoms with Gasteiger partial charge in [0.2, 0.25) is 5.06 Å². The van der Waals surface area contributed by atoms with E-state index in [1.807, 2.05) is 31.2 Å². The number of aryl methyl sites for hydroxylation is 1.